The van der Waals surface area contributed by atoms with Crippen molar-refractivity contribution in [1.82, 2.24) is 0 Å². The van der Waals surface area contributed by atoms with Crippen LogP contribution in [0.15, 0.2) is 24.3 Å². The van der Waals surface area contributed by atoms with Gasteiger partial charge in [0.05, 0.1) is 5.56 Å². The normalized spacial score (nSPS) is 9.21. The molecule has 0 spiro atoms. The van der Waals surface area contributed by atoms with Gasteiger partial charge >= 0.3 is 11.1 Å². The van der Waals surface area contributed by atoms with Gasteiger partial charge < -0.3 is 0 Å². The first kappa shape index (κ1) is 10.3. The molecular formula is C7H4ClNO5. The topological polar surface area (TPSA) is 78.7 Å². The molecule has 0 aliphatic carbocycles. The van der Waals surface area contributed by atoms with E-state index in [2.05, 4.69) is 9.88 Å². The summed E-state index contributed by atoms with van der Waals surface area (Å²) in [6, 6.07) is 5.74. The smallest absolute Gasteiger partial charge is 0.255 e. The molecule has 0 bridgehead atoms. The largest absolute Gasteiger partial charge is 0.373 e. The summed E-state index contributed by atoms with van der Waals surface area (Å²) in [6.45, 7) is 0. The molecular weight excluding hydrogens is 214 g/mol. The number of carbonyl (C=O) groups excluding carboxylic acids is 1. The van der Waals surface area contributed by atoms with Gasteiger partial charge in [-0.05, 0) is 18.2 Å². The molecule has 74 valence electrons. The van der Waals surface area contributed by atoms with Gasteiger partial charge in [-0.2, -0.15) is 0 Å². The Labute approximate surface area is 83.0 Å². The summed E-state index contributed by atoms with van der Waals surface area (Å²) in [5, 5.41) is 8.77. The first-order valence-corrected chi connectivity index (χ1v) is 3.76. The van der Waals surface area contributed by atoms with Gasteiger partial charge in [0.2, 0.25) is 0 Å². The highest BCUT2D eigenvalue weighted by molar-refractivity contribution is 6.30. The van der Waals surface area contributed by atoms with Crippen molar-refractivity contribution in [2.75, 3.05) is 0 Å². The molecule has 0 radical (unpaired) electrons. The standard InChI is InChI=1S/C7H4ClNO5/c8-6-3-1-2-5(4-6)7(10)13-14-9(11)12/h1-4H. The second-order valence-electron chi connectivity index (χ2n) is 2.18. The Morgan fingerprint density at radius 1 is 1.50 bits per heavy atom. The molecule has 0 aliphatic rings. The molecule has 14 heavy (non-hydrogen) atoms. The molecule has 0 fully saturated rings. The summed E-state index contributed by atoms with van der Waals surface area (Å²) in [5.74, 6) is -0.982. The van der Waals surface area contributed by atoms with Crippen molar-refractivity contribution in [3.05, 3.63) is 45.0 Å². The molecule has 0 N–H and O–H groups in total. The van der Waals surface area contributed by atoms with Gasteiger partial charge in [0.25, 0.3) is 0 Å². The molecule has 0 heterocycles. The van der Waals surface area contributed by atoms with Gasteiger partial charge in [-0.3, -0.25) is 4.89 Å². The summed E-state index contributed by atoms with van der Waals surface area (Å²) in [6.07, 6.45) is 0. The third-order valence-electron chi connectivity index (χ3n) is 1.23. The Morgan fingerprint density at radius 3 is 2.79 bits per heavy atom. The molecule has 0 atom stereocenters. The van der Waals surface area contributed by atoms with E-state index in [1.807, 2.05) is 0 Å². The van der Waals surface area contributed by atoms with Crippen LogP contribution in [0.2, 0.25) is 5.02 Å². The van der Waals surface area contributed by atoms with Crippen LogP contribution in [0, 0.1) is 10.1 Å². The number of halogens is 1. The zero-order valence-corrected chi connectivity index (χ0v) is 7.43. The Hall–Kier alpha value is -1.82. The summed E-state index contributed by atoms with van der Waals surface area (Å²) >= 11 is 5.57. The molecule has 1 aromatic carbocycles. The highest BCUT2D eigenvalue weighted by atomic mass is 35.5. The maximum atomic E-state index is 11.0. The summed E-state index contributed by atoms with van der Waals surface area (Å²) in [4.78, 5) is 27.9. The van der Waals surface area contributed by atoms with E-state index in [1.54, 1.807) is 6.07 Å². The fraction of sp³-hybridized carbons (Fsp3) is 0. The average Bonchev–Trinajstić information content (AvgIpc) is 2.14. The number of hydrogen-bond donors (Lipinski definition) is 0. The highest BCUT2D eigenvalue weighted by Gasteiger charge is 2.10. The van der Waals surface area contributed by atoms with E-state index in [1.165, 1.54) is 18.2 Å². The molecule has 7 heteroatoms. The fourth-order valence-electron chi connectivity index (χ4n) is 0.728. The van der Waals surface area contributed by atoms with Crippen LogP contribution in [0.4, 0.5) is 0 Å². The minimum Gasteiger partial charge on any atom is -0.255 e. The van der Waals surface area contributed by atoms with Crippen molar-refractivity contribution in [2.24, 2.45) is 0 Å². The Kier molecular flexibility index (Phi) is 3.24. The number of hydrogen-bond acceptors (Lipinski definition) is 5. The molecule has 0 unspecified atom stereocenters. The van der Waals surface area contributed by atoms with Gasteiger partial charge in [-0.25, -0.2) is 4.79 Å². The monoisotopic (exact) mass is 217 g/mol. The highest BCUT2D eigenvalue weighted by Crippen LogP contribution is 2.11. The van der Waals surface area contributed by atoms with Crippen LogP contribution in [-0.4, -0.2) is 11.1 Å². The first-order valence-electron chi connectivity index (χ1n) is 3.38. The van der Waals surface area contributed by atoms with Crippen molar-refractivity contribution in [3.63, 3.8) is 0 Å². The first-order chi connectivity index (χ1) is 6.59. The van der Waals surface area contributed by atoms with E-state index in [4.69, 9.17) is 11.6 Å². The maximum absolute atomic E-state index is 11.0. The van der Waals surface area contributed by atoms with Gasteiger partial charge in [0, 0.05) is 5.02 Å². The summed E-state index contributed by atoms with van der Waals surface area (Å²) in [7, 11) is 0. The molecule has 6 nitrogen and oxygen atoms in total. The quantitative estimate of drug-likeness (QED) is 0.437. The predicted octanol–water partition coefficient (Wildman–Crippen LogP) is 1.62. The van der Waals surface area contributed by atoms with E-state index in [0.717, 1.165) is 0 Å². The second-order valence-corrected chi connectivity index (χ2v) is 2.62. The lowest BCUT2D eigenvalue weighted by Gasteiger charge is -1.99. The van der Waals surface area contributed by atoms with Gasteiger partial charge in [0.1, 0.15) is 0 Å². The SMILES string of the molecule is O=C(OO[N+](=O)[O-])c1cccc(Cl)c1. The molecule has 1 aromatic rings. The van der Waals surface area contributed by atoms with Crippen molar-refractivity contribution in [3.8, 4) is 0 Å². The van der Waals surface area contributed by atoms with E-state index in [0.29, 0.717) is 5.02 Å². The zero-order chi connectivity index (χ0) is 10.6. The fourth-order valence-corrected chi connectivity index (χ4v) is 0.918. The molecule has 0 aliphatic heterocycles. The maximum Gasteiger partial charge on any atom is 0.373 e. The van der Waals surface area contributed by atoms with Crippen molar-refractivity contribution >= 4 is 17.6 Å². The minimum atomic E-state index is -1.23. The van der Waals surface area contributed by atoms with E-state index < -0.39 is 11.1 Å². The number of nitrogens with zero attached hydrogens (tertiary/aromatic N) is 1. The predicted molar refractivity (Wildman–Crippen MR) is 44.9 cm³/mol. The third-order valence-corrected chi connectivity index (χ3v) is 1.47. The Balaban J connectivity index is 2.65. The van der Waals surface area contributed by atoms with Crippen LogP contribution in [0.3, 0.4) is 0 Å². The van der Waals surface area contributed by atoms with Gasteiger partial charge in [-0.1, -0.05) is 22.7 Å². The lowest BCUT2D eigenvalue weighted by Crippen LogP contribution is -2.09. The van der Waals surface area contributed by atoms with E-state index >= 15 is 0 Å². The number of rotatable bonds is 3. The second kappa shape index (κ2) is 4.43. The lowest BCUT2D eigenvalue weighted by atomic mass is 10.2. The Bertz CT molecular complexity index is 367. The third kappa shape index (κ3) is 2.91. The van der Waals surface area contributed by atoms with Crippen molar-refractivity contribution in [1.29, 1.82) is 0 Å². The van der Waals surface area contributed by atoms with Crippen molar-refractivity contribution in [2.45, 2.75) is 0 Å². The zero-order valence-electron chi connectivity index (χ0n) is 6.68. The van der Waals surface area contributed by atoms with Crippen LogP contribution in [-0.2, 0) is 9.88 Å². The molecule has 1 rings (SSSR count). The molecule has 0 saturated heterocycles. The van der Waals surface area contributed by atoms with Crippen LogP contribution in [0.25, 0.3) is 0 Å². The van der Waals surface area contributed by atoms with E-state index in [-0.39, 0.29) is 5.56 Å². The lowest BCUT2D eigenvalue weighted by molar-refractivity contribution is -0.839. The molecule has 0 saturated carbocycles. The van der Waals surface area contributed by atoms with Crippen LogP contribution >= 0.6 is 11.6 Å². The Morgan fingerprint density at radius 2 is 2.21 bits per heavy atom. The van der Waals surface area contributed by atoms with Gasteiger partial charge in [0.15, 0.2) is 0 Å². The van der Waals surface area contributed by atoms with Crippen LogP contribution in [0.1, 0.15) is 10.4 Å². The average molecular weight is 218 g/mol. The molecule has 0 amide bonds. The van der Waals surface area contributed by atoms with Gasteiger partial charge in [-0.15, -0.1) is 10.1 Å². The van der Waals surface area contributed by atoms with Crippen LogP contribution in [0.5, 0.6) is 0 Å². The van der Waals surface area contributed by atoms with E-state index in [9.17, 15) is 14.9 Å². The van der Waals surface area contributed by atoms with Crippen molar-refractivity contribution < 1.29 is 19.8 Å². The van der Waals surface area contributed by atoms with Crippen LogP contribution < -0.4 is 0 Å². The molecule has 0 aromatic heterocycles. The summed E-state index contributed by atoms with van der Waals surface area (Å²) in [5.41, 5.74) is 0.0688. The minimum absolute atomic E-state index is 0.0688. The number of benzene rings is 1. The summed E-state index contributed by atoms with van der Waals surface area (Å²) < 4.78 is 0. The number of carbonyl (C=O) groups is 1.